The number of nitrogen functional groups attached to an aromatic ring is 1. The van der Waals surface area contributed by atoms with Crippen molar-refractivity contribution < 1.29 is 4.42 Å². The number of anilines is 3. The molecule has 90 valence electrons. The van der Waals surface area contributed by atoms with E-state index in [4.69, 9.17) is 21.8 Å². The fourth-order valence-corrected chi connectivity index (χ4v) is 1.98. The van der Waals surface area contributed by atoms with Gasteiger partial charge >= 0.3 is 0 Å². The molecular formula is C13H10ClN3O. The van der Waals surface area contributed by atoms with Crippen LogP contribution in [0.2, 0.25) is 5.02 Å². The average molecular weight is 260 g/mol. The van der Waals surface area contributed by atoms with E-state index in [1.807, 2.05) is 30.3 Å². The summed E-state index contributed by atoms with van der Waals surface area (Å²) in [6.45, 7) is 0. The lowest BCUT2D eigenvalue weighted by Gasteiger charge is -2.06. The van der Waals surface area contributed by atoms with Crippen LogP contribution >= 0.6 is 11.6 Å². The van der Waals surface area contributed by atoms with Crippen molar-refractivity contribution in [2.24, 2.45) is 0 Å². The number of pyridine rings is 1. The molecular weight excluding hydrogens is 250 g/mol. The molecule has 0 spiro atoms. The Morgan fingerprint density at radius 3 is 2.89 bits per heavy atom. The van der Waals surface area contributed by atoms with Gasteiger partial charge in [0.1, 0.15) is 5.69 Å². The van der Waals surface area contributed by atoms with Gasteiger partial charge in [0.2, 0.25) is 5.88 Å². The minimum atomic E-state index is 0.318. The first-order valence-electron chi connectivity index (χ1n) is 5.39. The Morgan fingerprint density at radius 1 is 1.22 bits per heavy atom. The first kappa shape index (κ1) is 10.9. The lowest BCUT2D eigenvalue weighted by atomic mass is 10.2. The van der Waals surface area contributed by atoms with Crippen molar-refractivity contribution >= 4 is 39.8 Å². The number of aromatic nitrogens is 1. The van der Waals surface area contributed by atoms with Gasteiger partial charge in [-0.2, -0.15) is 0 Å². The highest BCUT2D eigenvalue weighted by Gasteiger charge is 2.12. The second kappa shape index (κ2) is 4.23. The third kappa shape index (κ3) is 1.76. The van der Waals surface area contributed by atoms with E-state index in [9.17, 15) is 0 Å². The molecule has 1 aromatic carbocycles. The van der Waals surface area contributed by atoms with Crippen LogP contribution in [0, 0.1) is 0 Å². The van der Waals surface area contributed by atoms with Crippen LogP contribution in [-0.2, 0) is 0 Å². The van der Waals surface area contributed by atoms with Gasteiger partial charge in [-0.25, -0.2) is 0 Å². The van der Waals surface area contributed by atoms with Gasteiger partial charge in [-0.3, -0.25) is 4.98 Å². The second-order valence-corrected chi connectivity index (χ2v) is 4.23. The molecule has 5 heteroatoms. The van der Waals surface area contributed by atoms with Gasteiger partial charge in [0.15, 0.2) is 5.58 Å². The van der Waals surface area contributed by atoms with Crippen molar-refractivity contribution in [3.8, 4) is 0 Å². The molecule has 0 aliphatic heterocycles. The van der Waals surface area contributed by atoms with Crippen molar-refractivity contribution in [2.45, 2.75) is 0 Å². The van der Waals surface area contributed by atoms with Gasteiger partial charge in [0.25, 0.3) is 0 Å². The summed E-state index contributed by atoms with van der Waals surface area (Å²) in [7, 11) is 0. The van der Waals surface area contributed by atoms with E-state index >= 15 is 0 Å². The highest BCUT2D eigenvalue weighted by atomic mass is 35.5. The van der Waals surface area contributed by atoms with Crippen molar-refractivity contribution in [3.05, 3.63) is 47.7 Å². The zero-order chi connectivity index (χ0) is 12.5. The normalized spacial score (nSPS) is 10.7. The summed E-state index contributed by atoms with van der Waals surface area (Å²) in [6, 6.07) is 9.29. The van der Waals surface area contributed by atoms with Gasteiger partial charge in [-0.15, -0.1) is 0 Å². The number of nitrogens with two attached hydrogens (primary N) is 1. The molecule has 4 nitrogen and oxygen atoms in total. The summed E-state index contributed by atoms with van der Waals surface area (Å²) in [4.78, 5) is 3.99. The monoisotopic (exact) mass is 259 g/mol. The molecule has 0 radical (unpaired) electrons. The highest BCUT2D eigenvalue weighted by Crippen LogP contribution is 2.36. The van der Waals surface area contributed by atoms with Crippen LogP contribution in [0.25, 0.3) is 11.0 Å². The summed E-state index contributed by atoms with van der Waals surface area (Å²) in [5, 5.41) is 4.69. The minimum Gasteiger partial charge on any atom is -0.437 e. The van der Waals surface area contributed by atoms with Crippen LogP contribution in [0.15, 0.2) is 47.1 Å². The number of halogens is 1. The van der Waals surface area contributed by atoms with E-state index in [0.717, 1.165) is 11.1 Å². The number of nitrogens with one attached hydrogen (secondary N) is 1. The molecule has 2 heterocycles. The molecule has 3 N–H and O–H groups in total. The summed E-state index contributed by atoms with van der Waals surface area (Å²) < 4.78 is 5.42. The van der Waals surface area contributed by atoms with Crippen LogP contribution in [-0.4, -0.2) is 4.98 Å². The zero-order valence-corrected chi connectivity index (χ0v) is 10.1. The molecule has 0 fully saturated rings. The SMILES string of the molecule is Nc1oc2cnccc2c1Nc1ccccc1Cl. The lowest BCUT2D eigenvalue weighted by Crippen LogP contribution is -1.93. The topological polar surface area (TPSA) is 64.1 Å². The molecule has 0 saturated heterocycles. The quantitative estimate of drug-likeness (QED) is 0.735. The number of fused-ring (bicyclic) bond motifs is 1. The van der Waals surface area contributed by atoms with Gasteiger partial charge in [-0.05, 0) is 18.2 Å². The summed E-state index contributed by atoms with van der Waals surface area (Å²) in [5.41, 5.74) is 7.99. The predicted octanol–water partition coefficient (Wildman–Crippen LogP) is 3.81. The molecule has 3 aromatic rings. The van der Waals surface area contributed by atoms with E-state index in [1.54, 1.807) is 12.4 Å². The van der Waals surface area contributed by atoms with E-state index in [-0.39, 0.29) is 0 Å². The van der Waals surface area contributed by atoms with Crippen molar-refractivity contribution in [1.82, 2.24) is 4.98 Å². The Bertz CT molecular complexity index is 708. The zero-order valence-electron chi connectivity index (χ0n) is 9.35. The number of hydrogen-bond acceptors (Lipinski definition) is 4. The molecule has 0 aliphatic carbocycles. The summed E-state index contributed by atoms with van der Waals surface area (Å²) in [6.07, 6.45) is 3.32. The van der Waals surface area contributed by atoms with Gasteiger partial charge in [-0.1, -0.05) is 23.7 Å². The number of hydrogen-bond donors (Lipinski definition) is 2. The maximum absolute atomic E-state index is 6.10. The van der Waals surface area contributed by atoms with Crippen molar-refractivity contribution in [2.75, 3.05) is 11.1 Å². The molecule has 0 amide bonds. The van der Waals surface area contributed by atoms with Crippen molar-refractivity contribution in [1.29, 1.82) is 0 Å². The predicted molar refractivity (Wildman–Crippen MR) is 73.2 cm³/mol. The number of rotatable bonds is 2. The largest absolute Gasteiger partial charge is 0.437 e. The maximum atomic E-state index is 6.10. The standard InChI is InChI=1S/C13H10ClN3O/c14-9-3-1-2-4-10(9)17-12-8-5-6-16-7-11(8)18-13(12)15/h1-7,17H,15H2. The van der Waals surface area contributed by atoms with E-state index in [1.165, 1.54) is 0 Å². The van der Waals surface area contributed by atoms with Crippen LogP contribution in [0.5, 0.6) is 0 Å². The van der Waals surface area contributed by atoms with Crippen LogP contribution in [0.1, 0.15) is 0 Å². The average Bonchev–Trinajstić information content (AvgIpc) is 2.69. The maximum Gasteiger partial charge on any atom is 0.215 e. The van der Waals surface area contributed by atoms with E-state index in [0.29, 0.717) is 22.2 Å². The molecule has 3 rings (SSSR count). The molecule has 0 unspecified atom stereocenters. The van der Waals surface area contributed by atoms with E-state index in [2.05, 4.69) is 10.3 Å². The second-order valence-electron chi connectivity index (χ2n) is 3.82. The smallest absolute Gasteiger partial charge is 0.215 e. The molecule has 0 bridgehead atoms. The fourth-order valence-electron chi connectivity index (χ4n) is 1.80. The van der Waals surface area contributed by atoms with Crippen LogP contribution in [0.4, 0.5) is 17.3 Å². The third-order valence-electron chi connectivity index (χ3n) is 2.65. The number of para-hydroxylation sites is 1. The van der Waals surface area contributed by atoms with Gasteiger partial charge in [0.05, 0.1) is 16.9 Å². The number of benzene rings is 1. The van der Waals surface area contributed by atoms with Gasteiger partial charge < -0.3 is 15.5 Å². The summed E-state index contributed by atoms with van der Waals surface area (Å²) >= 11 is 6.10. The Hall–Kier alpha value is -2.20. The molecule has 0 aliphatic rings. The highest BCUT2D eigenvalue weighted by molar-refractivity contribution is 6.33. The van der Waals surface area contributed by atoms with Crippen LogP contribution < -0.4 is 11.1 Å². The minimum absolute atomic E-state index is 0.318. The Balaban J connectivity index is 2.10. The first-order valence-corrected chi connectivity index (χ1v) is 5.77. The summed E-state index contributed by atoms with van der Waals surface area (Å²) in [5.74, 6) is 0.318. The molecule has 18 heavy (non-hydrogen) atoms. The van der Waals surface area contributed by atoms with E-state index < -0.39 is 0 Å². The van der Waals surface area contributed by atoms with Gasteiger partial charge in [0, 0.05) is 11.6 Å². The Kier molecular flexibility index (Phi) is 2.57. The van der Waals surface area contributed by atoms with Crippen molar-refractivity contribution in [3.63, 3.8) is 0 Å². The lowest BCUT2D eigenvalue weighted by molar-refractivity contribution is 0.636. The number of furan rings is 1. The van der Waals surface area contributed by atoms with Crippen LogP contribution in [0.3, 0.4) is 0 Å². The fraction of sp³-hybridized carbons (Fsp3) is 0. The Labute approximate surface area is 108 Å². The third-order valence-corrected chi connectivity index (χ3v) is 2.98. The molecule has 2 aromatic heterocycles. The first-order chi connectivity index (χ1) is 8.75. The molecule has 0 saturated carbocycles. The number of nitrogens with zero attached hydrogens (tertiary/aromatic N) is 1. The molecule has 0 atom stereocenters. The Morgan fingerprint density at radius 2 is 2.06 bits per heavy atom.